The van der Waals surface area contributed by atoms with Crippen LogP contribution in [0.3, 0.4) is 0 Å². The fraction of sp³-hybridized carbons (Fsp3) is 0.188. The average Bonchev–Trinajstić information content (AvgIpc) is 2.45. The molecule has 0 radical (unpaired) electrons. The Morgan fingerprint density at radius 2 is 1.76 bits per heavy atom. The summed E-state index contributed by atoms with van der Waals surface area (Å²) >= 11 is 0. The van der Waals surface area contributed by atoms with Crippen LogP contribution >= 0.6 is 0 Å². The van der Waals surface area contributed by atoms with E-state index in [9.17, 15) is 14.7 Å². The van der Waals surface area contributed by atoms with Gasteiger partial charge in [0.15, 0.2) is 0 Å². The molecule has 21 heavy (non-hydrogen) atoms. The Kier molecular flexibility index (Phi) is 6.75. The summed E-state index contributed by atoms with van der Waals surface area (Å²) in [6, 6.07) is 12.3. The van der Waals surface area contributed by atoms with E-state index in [1.54, 1.807) is 30.3 Å². The van der Waals surface area contributed by atoms with Crippen LogP contribution < -0.4 is 34.7 Å². The topological polar surface area (TPSA) is 70.1 Å². The molecule has 2 rings (SSSR count). The molecule has 0 atom stereocenters. The minimum atomic E-state index is -1.12. The van der Waals surface area contributed by atoms with Crippen molar-refractivity contribution in [2.24, 2.45) is 0 Å². The molecule has 1 heterocycles. The molecular formula is C16H14NNaO3. The monoisotopic (exact) mass is 291 g/mol. The summed E-state index contributed by atoms with van der Waals surface area (Å²) in [5, 5.41) is 10.4. The van der Waals surface area contributed by atoms with Crippen LogP contribution in [0.4, 0.5) is 0 Å². The second-order valence-electron chi connectivity index (χ2n) is 4.58. The molecule has 0 aliphatic heterocycles. The normalized spacial score (nSPS) is 9.76. The number of aromatic nitrogens is 1. The van der Waals surface area contributed by atoms with Crippen molar-refractivity contribution < 1.29 is 44.3 Å². The van der Waals surface area contributed by atoms with Crippen LogP contribution in [0, 0.1) is 6.92 Å². The average molecular weight is 291 g/mol. The van der Waals surface area contributed by atoms with E-state index in [0.717, 1.165) is 5.56 Å². The number of hydrogen-bond acceptors (Lipinski definition) is 4. The number of hydrogen-bond donors (Lipinski definition) is 0. The number of benzene rings is 1. The third-order valence-corrected chi connectivity index (χ3v) is 2.94. The third kappa shape index (κ3) is 5.08. The predicted molar refractivity (Wildman–Crippen MR) is 72.2 cm³/mol. The maximum atomic E-state index is 12.3. The van der Waals surface area contributed by atoms with E-state index in [-0.39, 0.29) is 48.2 Å². The minimum Gasteiger partial charge on any atom is -0.550 e. The second kappa shape index (κ2) is 8.08. The number of aliphatic carboxylic acids is 1. The summed E-state index contributed by atoms with van der Waals surface area (Å²) in [4.78, 5) is 26.9. The smallest absolute Gasteiger partial charge is 0.550 e. The van der Waals surface area contributed by atoms with Crippen LogP contribution in [0.25, 0.3) is 0 Å². The van der Waals surface area contributed by atoms with Gasteiger partial charge >= 0.3 is 29.6 Å². The van der Waals surface area contributed by atoms with Crippen LogP contribution in [-0.2, 0) is 11.2 Å². The molecule has 5 heteroatoms. The molecule has 102 valence electrons. The molecule has 1 aromatic heterocycles. The first-order valence-electron chi connectivity index (χ1n) is 6.33. The number of carbonyl (C=O) groups is 2. The van der Waals surface area contributed by atoms with E-state index in [1.165, 1.54) is 0 Å². The first kappa shape index (κ1) is 17.6. The number of nitrogens with zero attached hydrogens (tertiary/aromatic N) is 1. The number of carbonyl (C=O) groups excluding carboxylic acids is 2. The van der Waals surface area contributed by atoms with E-state index in [2.05, 4.69) is 4.98 Å². The van der Waals surface area contributed by atoms with Gasteiger partial charge in [0.25, 0.3) is 0 Å². The standard InChI is InChI=1S/C16H15NO3.Na/c1-11-5-7-12(8-6-11)16(20)14-4-2-3-13(17-14)9-10-15(18)19;/h2-8H,9-10H2,1H3,(H,18,19);/q;+1/p-1. The van der Waals surface area contributed by atoms with Crippen molar-refractivity contribution in [3.63, 3.8) is 0 Å². The molecule has 0 unspecified atom stereocenters. The van der Waals surface area contributed by atoms with Crippen LogP contribution in [0.5, 0.6) is 0 Å². The van der Waals surface area contributed by atoms with Crippen LogP contribution in [0.2, 0.25) is 0 Å². The predicted octanol–water partition coefficient (Wildman–Crippen LogP) is -1.69. The molecule has 2 aromatic rings. The quantitative estimate of drug-likeness (QED) is 0.487. The van der Waals surface area contributed by atoms with Gasteiger partial charge < -0.3 is 9.90 Å². The van der Waals surface area contributed by atoms with Gasteiger partial charge in [-0.25, -0.2) is 4.98 Å². The van der Waals surface area contributed by atoms with Gasteiger partial charge in [-0.05, 0) is 31.9 Å². The van der Waals surface area contributed by atoms with Crippen LogP contribution in [0.15, 0.2) is 42.5 Å². The molecule has 0 amide bonds. The van der Waals surface area contributed by atoms with Gasteiger partial charge in [-0.1, -0.05) is 35.9 Å². The second-order valence-corrected chi connectivity index (χ2v) is 4.58. The molecule has 0 bridgehead atoms. The van der Waals surface area contributed by atoms with Gasteiger partial charge in [-0.15, -0.1) is 0 Å². The number of aryl methyl sites for hydroxylation is 2. The van der Waals surface area contributed by atoms with Crippen molar-refractivity contribution in [1.29, 1.82) is 0 Å². The van der Waals surface area contributed by atoms with Gasteiger partial charge in [0.2, 0.25) is 5.78 Å². The molecule has 0 saturated heterocycles. The van der Waals surface area contributed by atoms with Crippen molar-refractivity contribution in [3.05, 3.63) is 65.0 Å². The largest absolute Gasteiger partial charge is 1.00 e. The summed E-state index contributed by atoms with van der Waals surface area (Å²) in [6.45, 7) is 1.95. The number of carboxylic acid groups (broad SMARTS) is 1. The number of pyridine rings is 1. The first-order chi connectivity index (χ1) is 9.56. The molecule has 4 nitrogen and oxygen atoms in total. The van der Waals surface area contributed by atoms with Crippen molar-refractivity contribution in [3.8, 4) is 0 Å². The van der Waals surface area contributed by atoms with Gasteiger partial charge in [0.1, 0.15) is 5.69 Å². The fourth-order valence-corrected chi connectivity index (χ4v) is 1.83. The van der Waals surface area contributed by atoms with Gasteiger partial charge in [0, 0.05) is 17.2 Å². The zero-order chi connectivity index (χ0) is 14.5. The van der Waals surface area contributed by atoms with Gasteiger partial charge in [-0.2, -0.15) is 0 Å². The number of ketones is 1. The Labute approximate surface area is 145 Å². The molecule has 0 saturated carbocycles. The Morgan fingerprint density at radius 3 is 2.38 bits per heavy atom. The van der Waals surface area contributed by atoms with Crippen LogP contribution in [-0.4, -0.2) is 16.7 Å². The summed E-state index contributed by atoms with van der Waals surface area (Å²) < 4.78 is 0. The minimum absolute atomic E-state index is 0. The summed E-state index contributed by atoms with van der Waals surface area (Å²) in [7, 11) is 0. The van der Waals surface area contributed by atoms with Crippen LogP contribution in [0.1, 0.15) is 33.7 Å². The zero-order valence-corrected chi connectivity index (χ0v) is 14.1. The number of rotatable bonds is 5. The molecule has 0 spiro atoms. The van der Waals surface area contributed by atoms with Crippen molar-refractivity contribution in [2.45, 2.75) is 19.8 Å². The third-order valence-electron chi connectivity index (χ3n) is 2.94. The summed E-state index contributed by atoms with van der Waals surface area (Å²) in [5.74, 6) is -1.29. The molecular weight excluding hydrogens is 277 g/mol. The summed E-state index contributed by atoms with van der Waals surface area (Å²) in [5.41, 5.74) is 2.55. The maximum Gasteiger partial charge on any atom is 1.00 e. The van der Waals surface area contributed by atoms with Crippen molar-refractivity contribution in [2.75, 3.05) is 0 Å². The Bertz CT molecular complexity index is 638. The fourth-order valence-electron chi connectivity index (χ4n) is 1.83. The zero-order valence-electron chi connectivity index (χ0n) is 12.1. The molecule has 0 aliphatic carbocycles. The van der Waals surface area contributed by atoms with E-state index in [0.29, 0.717) is 17.0 Å². The first-order valence-corrected chi connectivity index (χ1v) is 6.33. The van der Waals surface area contributed by atoms with Crippen molar-refractivity contribution >= 4 is 11.8 Å². The SMILES string of the molecule is Cc1ccc(C(=O)c2cccc(CCC(=O)[O-])n2)cc1.[Na+]. The van der Waals surface area contributed by atoms with E-state index in [4.69, 9.17) is 0 Å². The van der Waals surface area contributed by atoms with E-state index >= 15 is 0 Å². The molecule has 0 aliphatic rings. The van der Waals surface area contributed by atoms with E-state index in [1.807, 2.05) is 19.1 Å². The molecule has 0 N–H and O–H groups in total. The van der Waals surface area contributed by atoms with E-state index < -0.39 is 5.97 Å². The Morgan fingerprint density at radius 1 is 1.10 bits per heavy atom. The van der Waals surface area contributed by atoms with Crippen molar-refractivity contribution in [1.82, 2.24) is 4.98 Å². The maximum absolute atomic E-state index is 12.3. The molecule has 1 aromatic carbocycles. The molecule has 0 fully saturated rings. The number of carboxylic acids is 1. The summed E-state index contributed by atoms with van der Waals surface area (Å²) in [6.07, 6.45) is 0.159. The Balaban J connectivity index is 0.00000220. The Hall–Kier alpha value is -1.49. The van der Waals surface area contributed by atoms with Gasteiger partial charge in [-0.3, -0.25) is 4.79 Å². The van der Waals surface area contributed by atoms with Gasteiger partial charge in [0.05, 0.1) is 0 Å².